The Hall–Kier alpha value is -0.830. The summed E-state index contributed by atoms with van der Waals surface area (Å²) in [6.07, 6.45) is 3.11. The van der Waals surface area contributed by atoms with Crippen molar-refractivity contribution in [3.05, 3.63) is 17.5 Å². The standard InChI is InChI=1S/C13H25N3/c1-12(2,3)11-10(8-16(6)15-11)7-13(4,5)9-14/h8H,7,9,14H2,1-6H3. The molecule has 1 aromatic heterocycles. The normalized spacial score (nSPS) is 13.2. The molecule has 3 heteroatoms. The summed E-state index contributed by atoms with van der Waals surface area (Å²) in [5, 5.41) is 4.58. The predicted molar refractivity (Wildman–Crippen MR) is 68.4 cm³/mol. The zero-order valence-electron chi connectivity index (χ0n) is 11.5. The topological polar surface area (TPSA) is 43.8 Å². The highest BCUT2D eigenvalue weighted by atomic mass is 15.3. The predicted octanol–water partition coefficient (Wildman–Crippen LogP) is 2.25. The minimum Gasteiger partial charge on any atom is -0.330 e. The molecule has 0 atom stereocenters. The van der Waals surface area contributed by atoms with E-state index in [0.717, 1.165) is 6.42 Å². The number of aryl methyl sites for hydroxylation is 1. The number of nitrogens with zero attached hydrogens (tertiary/aromatic N) is 2. The van der Waals surface area contributed by atoms with E-state index >= 15 is 0 Å². The van der Waals surface area contributed by atoms with Crippen molar-refractivity contribution in [2.75, 3.05) is 6.54 Å². The maximum absolute atomic E-state index is 5.79. The van der Waals surface area contributed by atoms with E-state index in [1.165, 1.54) is 11.3 Å². The van der Waals surface area contributed by atoms with Crippen LogP contribution in [0, 0.1) is 5.41 Å². The van der Waals surface area contributed by atoms with Crippen LogP contribution in [0.25, 0.3) is 0 Å². The van der Waals surface area contributed by atoms with E-state index in [4.69, 9.17) is 5.73 Å². The lowest BCUT2D eigenvalue weighted by Crippen LogP contribution is -2.27. The van der Waals surface area contributed by atoms with Gasteiger partial charge in [-0.2, -0.15) is 5.10 Å². The van der Waals surface area contributed by atoms with Crippen LogP contribution >= 0.6 is 0 Å². The molecule has 0 bridgehead atoms. The van der Waals surface area contributed by atoms with Crippen LogP contribution in [0.15, 0.2) is 6.20 Å². The van der Waals surface area contributed by atoms with E-state index in [2.05, 4.69) is 45.9 Å². The molecule has 0 aromatic carbocycles. The van der Waals surface area contributed by atoms with Gasteiger partial charge in [0.2, 0.25) is 0 Å². The molecular formula is C13H25N3. The summed E-state index contributed by atoms with van der Waals surface area (Å²) in [6.45, 7) is 11.7. The average Bonchev–Trinajstić information content (AvgIpc) is 2.45. The molecule has 0 aliphatic carbocycles. The fourth-order valence-electron chi connectivity index (χ4n) is 1.89. The largest absolute Gasteiger partial charge is 0.330 e. The van der Waals surface area contributed by atoms with Crippen molar-refractivity contribution in [3.63, 3.8) is 0 Å². The Bertz CT molecular complexity index is 356. The molecule has 0 saturated heterocycles. The first kappa shape index (κ1) is 13.2. The smallest absolute Gasteiger partial charge is 0.0709 e. The van der Waals surface area contributed by atoms with Gasteiger partial charge in [-0.15, -0.1) is 0 Å². The highest BCUT2D eigenvalue weighted by Gasteiger charge is 2.25. The molecule has 1 rings (SSSR count). The average molecular weight is 223 g/mol. The van der Waals surface area contributed by atoms with Crippen LogP contribution in [0.5, 0.6) is 0 Å². The first-order chi connectivity index (χ1) is 7.15. The Kier molecular flexibility index (Phi) is 3.48. The molecule has 0 saturated carbocycles. The van der Waals surface area contributed by atoms with Crippen LogP contribution < -0.4 is 5.73 Å². The highest BCUT2D eigenvalue weighted by Crippen LogP contribution is 2.29. The zero-order chi connectivity index (χ0) is 12.6. The summed E-state index contributed by atoms with van der Waals surface area (Å²) in [5.41, 5.74) is 8.55. The molecule has 92 valence electrons. The van der Waals surface area contributed by atoms with Crippen molar-refractivity contribution in [2.24, 2.45) is 18.2 Å². The number of hydrogen-bond donors (Lipinski definition) is 1. The Balaban J connectivity index is 3.05. The number of hydrogen-bond acceptors (Lipinski definition) is 2. The van der Waals surface area contributed by atoms with Crippen LogP contribution in [0.2, 0.25) is 0 Å². The molecule has 2 N–H and O–H groups in total. The van der Waals surface area contributed by atoms with E-state index < -0.39 is 0 Å². The third-order valence-corrected chi connectivity index (χ3v) is 2.84. The molecule has 1 aromatic rings. The Labute approximate surface area is 99.0 Å². The van der Waals surface area contributed by atoms with Gasteiger partial charge in [0.15, 0.2) is 0 Å². The van der Waals surface area contributed by atoms with Gasteiger partial charge < -0.3 is 5.73 Å². The summed E-state index contributed by atoms with van der Waals surface area (Å²) in [7, 11) is 1.98. The molecule has 0 radical (unpaired) electrons. The SMILES string of the molecule is Cn1cc(CC(C)(C)CN)c(C(C)(C)C)n1. The third kappa shape index (κ3) is 3.08. The van der Waals surface area contributed by atoms with Crippen molar-refractivity contribution >= 4 is 0 Å². The second-order valence-corrected chi connectivity index (χ2v) is 6.47. The van der Waals surface area contributed by atoms with Gasteiger partial charge in [0.1, 0.15) is 0 Å². The van der Waals surface area contributed by atoms with Gasteiger partial charge in [-0.1, -0.05) is 34.6 Å². The number of aromatic nitrogens is 2. The molecule has 1 heterocycles. The van der Waals surface area contributed by atoms with Crippen LogP contribution in [0.1, 0.15) is 45.9 Å². The van der Waals surface area contributed by atoms with Gasteiger partial charge in [-0.25, -0.2) is 0 Å². The molecule has 0 aliphatic heterocycles. The summed E-state index contributed by atoms with van der Waals surface area (Å²) in [4.78, 5) is 0. The Morgan fingerprint density at radius 1 is 1.25 bits per heavy atom. The molecule has 3 nitrogen and oxygen atoms in total. The lowest BCUT2D eigenvalue weighted by molar-refractivity contribution is 0.373. The van der Waals surface area contributed by atoms with Crippen LogP contribution in [-0.2, 0) is 18.9 Å². The van der Waals surface area contributed by atoms with Crippen LogP contribution in [-0.4, -0.2) is 16.3 Å². The van der Waals surface area contributed by atoms with Crippen LogP contribution in [0.4, 0.5) is 0 Å². The van der Waals surface area contributed by atoms with Gasteiger partial charge in [-0.3, -0.25) is 4.68 Å². The monoisotopic (exact) mass is 223 g/mol. The van der Waals surface area contributed by atoms with Crippen molar-refractivity contribution in [1.29, 1.82) is 0 Å². The second-order valence-electron chi connectivity index (χ2n) is 6.47. The van der Waals surface area contributed by atoms with Crippen molar-refractivity contribution < 1.29 is 0 Å². The van der Waals surface area contributed by atoms with E-state index in [0.29, 0.717) is 6.54 Å². The van der Waals surface area contributed by atoms with E-state index in [1.807, 2.05) is 11.7 Å². The maximum atomic E-state index is 5.79. The van der Waals surface area contributed by atoms with Crippen LogP contribution in [0.3, 0.4) is 0 Å². The fraction of sp³-hybridized carbons (Fsp3) is 0.769. The molecule has 0 amide bonds. The van der Waals surface area contributed by atoms with E-state index in [-0.39, 0.29) is 10.8 Å². The highest BCUT2D eigenvalue weighted by molar-refractivity contribution is 5.25. The third-order valence-electron chi connectivity index (χ3n) is 2.84. The Morgan fingerprint density at radius 2 is 1.81 bits per heavy atom. The first-order valence-electron chi connectivity index (χ1n) is 5.89. The molecular weight excluding hydrogens is 198 g/mol. The zero-order valence-corrected chi connectivity index (χ0v) is 11.5. The molecule has 0 unspecified atom stereocenters. The van der Waals surface area contributed by atoms with E-state index in [9.17, 15) is 0 Å². The lowest BCUT2D eigenvalue weighted by Gasteiger charge is -2.24. The van der Waals surface area contributed by atoms with Gasteiger partial charge in [-0.05, 0) is 23.9 Å². The fourth-order valence-corrected chi connectivity index (χ4v) is 1.89. The number of nitrogens with two attached hydrogens (primary N) is 1. The second kappa shape index (κ2) is 4.21. The summed E-state index contributed by atoms with van der Waals surface area (Å²) in [5.74, 6) is 0. The quantitative estimate of drug-likeness (QED) is 0.854. The van der Waals surface area contributed by atoms with Gasteiger partial charge >= 0.3 is 0 Å². The Morgan fingerprint density at radius 3 is 2.25 bits per heavy atom. The molecule has 0 fully saturated rings. The van der Waals surface area contributed by atoms with Crippen molar-refractivity contribution in [1.82, 2.24) is 9.78 Å². The first-order valence-corrected chi connectivity index (χ1v) is 5.89. The van der Waals surface area contributed by atoms with Crippen molar-refractivity contribution in [3.8, 4) is 0 Å². The lowest BCUT2D eigenvalue weighted by atomic mass is 9.81. The minimum absolute atomic E-state index is 0.0985. The maximum Gasteiger partial charge on any atom is 0.0709 e. The van der Waals surface area contributed by atoms with Gasteiger partial charge in [0.25, 0.3) is 0 Å². The summed E-state index contributed by atoms with van der Waals surface area (Å²) < 4.78 is 1.91. The minimum atomic E-state index is 0.0985. The van der Waals surface area contributed by atoms with E-state index in [1.54, 1.807) is 0 Å². The molecule has 0 aliphatic rings. The molecule has 0 spiro atoms. The van der Waals surface area contributed by atoms with Crippen molar-refractivity contribution in [2.45, 2.75) is 46.5 Å². The number of rotatable bonds is 3. The van der Waals surface area contributed by atoms with Gasteiger partial charge in [0, 0.05) is 18.7 Å². The van der Waals surface area contributed by atoms with Gasteiger partial charge in [0.05, 0.1) is 5.69 Å². The molecule has 16 heavy (non-hydrogen) atoms. The summed E-state index contributed by atoms with van der Waals surface area (Å²) >= 11 is 0. The summed E-state index contributed by atoms with van der Waals surface area (Å²) in [6, 6.07) is 0.